The van der Waals surface area contributed by atoms with Crippen LogP contribution in [0.3, 0.4) is 0 Å². The van der Waals surface area contributed by atoms with Crippen molar-refractivity contribution >= 4 is 40.1 Å². The number of thiazole rings is 1. The highest BCUT2D eigenvalue weighted by Gasteiger charge is 2.40. The minimum atomic E-state index is -1.06. The molecule has 1 N–H and O–H groups in total. The Balaban J connectivity index is 1.34. The summed E-state index contributed by atoms with van der Waals surface area (Å²) < 4.78 is 15.7. The fourth-order valence-corrected chi connectivity index (χ4v) is 6.37. The maximum Gasteiger partial charge on any atom is 0.304 e. The first kappa shape index (κ1) is 27.7. The Labute approximate surface area is 246 Å². The average Bonchev–Trinajstić information content (AvgIpc) is 3.75. The number of pyridine rings is 1. The first-order valence-corrected chi connectivity index (χ1v) is 14.7. The number of fused-ring (bicyclic) bond motifs is 1. The van der Waals surface area contributed by atoms with E-state index in [1.807, 2.05) is 54.6 Å². The van der Waals surface area contributed by atoms with Crippen molar-refractivity contribution in [3.63, 3.8) is 0 Å². The quantitative estimate of drug-likeness (QED) is 0.269. The van der Waals surface area contributed by atoms with Crippen molar-refractivity contribution in [2.45, 2.75) is 44.6 Å². The van der Waals surface area contributed by atoms with E-state index in [1.54, 1.807) is 24.2 Å². The zero-order valence-electron chi connectivity index (χ0n) is 23.0. The first-order chi connectivity index (χ1) is 20.3. The van der Waals surface area contributed by atoms with Crippen LogP contribution in [-0.4, -0.2) is 45.9 Å². The number of amides is 2. The molecule has 3 heterocycles. The van der Waals surface area contributed by atoms with Crippen molar-refractivity contribution in [3.8, 4) is 22.4 Å². The molecule has 8 nitrogen and oxygen atoms in total. The molecule has 2 aromatic carbocycles. The maximum atomic E-state index is 15.7. The van der Waals surface area contributed by atoms with Gasteiger partial charge >= 0.3 is 5.97 Å². The Hall–Kier alpha value is -4.44. The molecule has 0 unspecified atom stereocenters. The number of halogens is 1. The number of hydrogen-bond acceptors (Lipinski definition) is 6. The van der Waals surface area contributed by atoms with Gasteiger partial charge in [-0.05, 0) is 48.4 Å². The standard InChI is InChI=1S/C32H29FN4O4S/c1-36-26(38)14-11-20-16-22(18-34-30(20)36)24-9-5-6-10-25(24)28-29(33)42-32(35-28)37(23-12-13-23)31(41)21(17-27(39)40)15-19-7-3-2-4-8-19/h2-10,16,18,21,23H,11-15,17H2,1H3,(H,39,40)/t21-/m1/s1. The third-order valence-corrected chi connectivity index (χ3v) is 8.60. The predicted molar refractivity (Wildman–Crippen MR) is 159 cm³/mol. The Bertz CT molecular complexity index is 1670. The lowest BCUT2D eigenvalue weighted by molar-refractivity contribution is -0.140. The largest absolute Gasteiger partial charge is 0.481 e. The van der Waals surface area contributed by atoms with E-state index >= 15 is 4.39 Å². The second-order valence-electron chi connectivity index (χ2n) is 10.7. The van der Waals surface area contributed by atoms with Gasteiger partial charge in [-0.25, -0.2) is 9.97 Å². The molecule has 42 heavy (non-hydrogen) atoms. The van der Waals surface area contributed by atoms with Gasteiger partial charge in [0.2, 0.25) is 16.9 Å². The van der Waals surface area contributed by atoms with Gasteiger partial charge in [-0.2, -0.15) is 4.39 Å². The number of nitrogens with zero attached hydrogens (tertiary/aromatic N) is 4. The molecule has 1 atom stereocenters. The molecule has 0 spiro atoms. The lowest BCUT2D eigenvalue weighted by Crippen LogP contribution is -2.39. The van der Waals surface area contributed by atoms with Crippen molar-refractivity contribution in [2.24, 2.45) is 5.92 Å². The van der Waals surface area contributed by atoms with Crippen molar-refractivity contribution in [3.05, 3.63) is 83.1 Å². The Kier molecular flexibility index (Phi) is 7.55. The molecular formula is C32H29FN4O4S. The molecule has 1 saturated carbocycles. The van der Waals surface area contributed by atoms with Crippen LogP contribution in [0, 0.1) is 11.0 Å². The van der Waals surface area contributed by atoms with E-state index in [0.29, 0.717) is 24.2 Å². The Morgan fingerprint density at radius 1 is 1.10 bits per heavy atom. The van der Waals surface area contributed by atoms with Crippen molar-refractivity contribution in [1.29, 1.82) is 0 Å². The number of aryl methyl sites for hydroxylation is 1. The van der Waals surface area contributed by atoms with Crippen molar-refractivity contribution < 1.29 is 23.9 Å². The van der Waals surface area contributed by atoms with E-state index < -0.39 is 17.0 Å². The molecule has 1 aliphatic carbocycles. The number of hydrogen-bond donors (Lipinski definition) is 1. The molecule has 10 heteroatoms. The summed E-state index contributed by atoms with van der Waals surface area (Å²) in [6, 6.07) is 18.5. The number of benzene rings is 2. The van der Waals surface area contributed by atoms with E-state index in [4.69, 9.17) is 0 Å². The summed E-state index contributed by atoms with van der Waals surface area (Å²) in [4.78, 5) is 50.0. The topological polar surface area (TPSA) is 104 Å². The van der Waals surface area contributed by atoms with Gasteiger partial charge in [0, 0.05) is 36.8 Å². The van der Waals surface area contributed by atoms with E-state index in [9.17, 15) is 19.5 Å². The van der Waals surface area contributed by atoms with Crippen LogP contribution in [0.1, 0.15) is 36.8 Å². The maximum absolute atomic E-state index is 15.7. The SMILES string of the molecule is CN1C(=O)CCc2cc(-c3ccccc3-c3nc(N(C(=O)[C@@H](CC(=O)O)Cc4ccccc4)C4CC4)sc3F)cnc21. The van der Waals surface area contributed by atoms with Crippen LogP contribution >= 0.6 is 11.3 Å². The van der Waals surface area contributed by atoms with Crippen LogP contribution in [0.15, 0.2) is 66.9 Å². The molecule has 1 aliphatic heterocycles. The number of carboxylic acids is 1. The van der Waals surface area contributed by atoms with Gasteiger partial charge in [0.15, 0.2) is 5.13 Å². The number of aliphatic carboxylic acids is 1. The zero-order chi connectivity index (χ0) is 29.4. The molecular weight excluding hydrogens is 555 g/mol. The van der Waals surface area contributed by atoms with Crippen LogP contribution in [0.2, 0.25) is 0 Å². The third kappa shape index (κ3) is 5.54. The highest BCUT2D eigenvalue weighted by Crippen LogP contribution is 2.42. The molecule has 0 bridgehead atoms. The summed E-state index contributed by atoms with van der Waals surface area (Å²) in [6.45, 7) is 0. The summed E-state index contributed by atoms with van der Waals surface area (Å²) in [6.07, 6.45) is 4.10. The third-order valence-electron chi connectivity index (χ3n) is 7.76. The van der Waals surface area contributed by atoms with Gasteiger partial charge < -0.3 is 5.11 Å². The van der Waals surface area contributed by atoms with Crippen LogP contribution in [0.25, 0.3) is 22.4 Å². The fourth-order valence-electron chi connectivity index (χ4n) is 5.48. The molecule has 2 aliphatic rings. The Morgan fingerprint density at radius 2 is 1.81 bits per heavy atom. The normalized spacial score (nSPS) is 15.3. The first-order valence-electron chi connectivity index (χ1n) is 13.9. The molecule has 2 amide bonds. The number of rotatable bonds is 9. The summed E-state index contributed by atoms with van der Waals surface area (Å²) in [5.74, 6) is -1.58. The van der Waals surface area contributed by atoms with Gasteiger partial charge in [0.25, 0.3) is 0 Å². The van der Waals surface area contributed by atoms with Gasteiger partial charge in [-0.15, -0.1) is 0 Å². The summed E-state index contributed by atoms with van der Waals surface area (Å²) in [7, 11) is 1.71. The van der Waals surface area contributed by atoms with Crippen LogP contribution < -0.4 is 9.80 Å². The smallest absolute Gasteiger partial charge is 0.304 e. The van der Waals surface area contributed by atoms with E-state index in [-0.39, 0.29) is 41.5 Å². The zero-order valence-corrected chi connectivity index (χ0v) is 23.8. The molecule has 4 aromatic rings. The van der Waals surface area contributed by atoms with Crippen molar-refractivity contribution in [1.82, 2.24) is 9.97 Å². The van der Waals surface area contributed by atoms with Crippen molar-refractivity contribution in [2.75, 3.05) is 16.8 Å². The second-order valence-corrected chi connectivity index (χ2v) is 11.7. The van der Waals surface area contributed by atoms with E-state index in [0.717, 1.165) is 46.4 Å². The number of carbonyl (C=O) groups is 3. The van der Waals surface area contributed by atoms with Crippen LogP contribution in [0.4, 0.5) is 15.3 Å². The number of aromatic nitrogens is 2. The average molecular weight is 585 g/mol. The molecule has 1 fully saturated rings. The number of carbonyl (C=O) groups excluding carboxylic acids is 2. The van der Waals surface area contributed by atoms with Crippen LogP contribution in [0.5, 0.6) is 0 Å². The molecule has 0 radical (unpaired) electrons. The monoisotopic (exact) mass is 584 g/mol. The highest BCUT2D eigenvalue weighted by molar-refractivity contribution is 7.14. The predicted octanol–water partition coefficient (Wildman–Crippen LogP) is 5.75. The number of anilines is 2. The van der Waals surface area contributed by atoms with Gasteiger partial charge in [-0.3, -0.25) is 24.2 Å². The summed E-state index contributed by atoms with van der Waals surface area (Å²) >= 11 is 0.804. The lowest BCUT2D eigenvalue weighted by Gasteiger charge is -2.25. The molecule has 2 aromatic heterocycles. The minimum Gasteiger partial charge on any atom is -0.481 e. The van der Waals surface area contributed by atoms with Gasteiger partial charge in [0.05, 0.1) is 12.3 Å². The second kappa shape index (κ2) is 11.4. The van der Waals surface area contributed by atoms with E-state index in [1.165, 1.54) is 4.90 Å². The molecule has 0 saturated heterocycles. The summed E-state index contributed by atoms with van der Waals surface area (Å²) in [5.41, 5.74) is 4.01. The Morgan fingerprint density at radius 3 is 2.52 bits per heavy atom. The fraction of sp³-hybridized carbons (Fsp3) is 0.281. The summed E-state index contributed by atoms with van der Waals surface area (Å²) in [5, 5.41) is 9.30. The minimum absolute atomic E-state index is 0.0179. The van der Waals surface area contributed by atoms with E-state index in [2.05, 4.69) is 9.97 Å². The number of carboxylic acid groups (broad SMARTS) is 1. The molecule has 6 rings (SSSR count). The molecule has 214 valence electrons. The van der Waals surface area contributed by atoms with Crippen LogP contribution in [-0.2, 0) is 27.2 Å². The lowest BCUT2D eigenvalue weighted by atomic mass is 9.94. The van der Waals surface area contributed by atoms with Gasteiger partial charge in [0.1, 0.15) is 11.5 Å². The van der Waals surface area contributed by atoms with Gasteiger partial charge in [-0.1, -0.05) is 65.9 Å². The highest BCUT2D eigenvalue weighted by atomic mass is 32.1.